The number of hydrogen-bond acceptors (Lipinski definition) is 7. The summed E-state index contributed by atoms with van der Waals surface area (Å²) in [6.07, 6.45) is 2.70. The lowest BCUT2D eigenvalue weighted by molar-refractivity contribution is -0.118. The van der Waals surface area contributed by atoms with E-state index in [2.05, 4.69) is 29.6 Å². The predicted octanol–water partition coefficient (Wildman–Crippen LogP) is 5.82. The Balaban J connectivity index is 1.20. The number of carbonyl (C=O) groups excluding carboxylic acids is 2. The van der Waals surface area contributed by atoms with Crippen molar-refractivity contribution in [2.24, 2.45) is 0 Å². The van der Waals surface area contributed by atoms with E-state index in [-0.39, 0.29) is 11.7 Å². The van der Waals surface area contributed by atoms with Crippen molar-refractivity contribution in [2.75, 3.05) is 37.9 Å². The van der Waals surface area contributed by atoms with E-state index >= 15 is 0 Å². The quantitative estimate of drug-likeness (QED) is 0.196. The van der Waals surface area contributed by atoms with Crippen molar-refractivity contribution in [3.63, 3.8) is 0 Å². The third-order valence-corrected chi connectivity index (χ3v) is 8.53. The molecular formula is C28H37NO5S2. The zero-order valence-corrected chi connectivity index (χ0v) is 22.6. The van der Waals surface area contributed by atoms with Gasteiger partial charge < -0.3 is 19.9 Å². The normalized spacial score (nSPS) is 13.2. The summed E-state index contributed by atoms with van der Waals surface area (Å²) in [5.41, 5.74) is 4.83. The van der Waals surface area contributed by atoms with E-state index in [1.54, 1.807) is 21.6 Å². The first-order chi connectivity index (χ1) is 17.6. The first-order valence-corrected chi connectivity index (χ1v) is 15.2. The lowest BCUT2D eigenvalue weighted by atomic mass is 9.98. The molecule has 1 unspecified atom stereocenters. The molecule has 2 aromatic carbocycles. The molecule has 0 saturated heterocycles. The van der Waals surface area contributed by atoms with Crippen LogP contribution in [-0.2, 0) is 14.3 Å². The summed E-state index contributed by atoms with van der Waals surface area (Å²) in [6.45, 7) is 3.72. The first-order valence-electron chi connectivity index (χ1n) is 12.7. The van der Waals surface area contributed by atoms with Gasteiger partial charge in [-0.05, 0) is 41.5 Å². The van der Waals surface area contributed by atoms with Gasteiger partial charge in [0.2, 0.25) is 0 Å². The van der Waals surface area contributed by atoms with Crippen molar-refractivity contribution in [2.45, 2.75) is 51.0 Å². The topological polar surface area (TPSA) is 84.9 Å². The van der Waals surface area contributed by atoms with Gasteiger partial charge in [0.25, 0.3) is 0 Å². The number of rotatable bonds is 17. The maximum Gasteiger partial charge on any atom is 0.407 e. The molecule has 0 spiro atoms. The van der Waals surface area contributed by atoms with Gasteiger partial charge in [0, 0.05) is 43.4 Å². The Bertz CT molecular complexity index is 925. The molecule has 3 rings (SSSR count). The van der Waals surface area contributed by atoms with E-state index < -0.39 is 12.2 Å². The summed E-state index contributed by atoms with van der Waals surface area (Å²) in [7, 11) is 3.31. The Hall–Kier alpha value is -2.00. The summed E-state index contributed by atoms with van der Waals surface area (Å²) in [4.78, 5) is 24.2. The van der Waals surface area contributed by atoms with Crippen LogP contribution in [0.15, 0.2) is 48.5 Å². The molecule has 0 fully saturated rings. The molecule has 196 valence electrons. The van der Waals surface area contributed by atoms with Gasteiger partial charge in [0.05, 0.1) is 12.7 Å². The molecule has 1 amide bonds. The molecule has 0 heterocycles. The molecule has 2 N–H and O–H groups in total. The van der Waals surface area contributed by atoms with Crippen LogP contribution in [0.2, 0.25) is 0 Å². The van der Waals surface area contributed by atoms with Crippen LogP contribution in [-0.4, -0.2) is 61.0 Å². The summed E-state index contributed by atoms with van der Waals surface area (Å²) in [5.74, 6) is 1.86. The van der Waals surface area contributed by atoms with Crippen molar-refractivity contribution in [3.8, 4) is 11.1 Å². The second-order valence-corrected chi connectivity index (χ2v) is 11.5. The van der Waals surface area contributed by atoms with Gasteiger partial charge in [-0.15, -0.1) is 0 Å². The molecule has 0 aliphatic heterocycles. The van der Waals surface area contributed by atoms with Crippen molar-refractivity contribution in [1.82, 2.24) is 5.32 Å². The average Bonchev–Trinajstić information content (AvgIpc) is 3.22. The summed E-state index contributed by atoms with van der Waals surface area (Å²) in [5, 5.41) is 12.2. The molecule has 0 bridgehead atoms. The maximum atomic E-state index is 12.2. The summed E-state index contributed by atoms with van der Waals surface area (Å²) in [6, 6.07) is 16.6. The molecule has 2 aromatic rings. The van der Waals surface area contributed by atoms with Gasteiger partial charge in [-0.25, -0.2) is 4.79 Å². The fraction of sp³-hybridized carbons (Fsp3) is 0.500. The van der Waals surface area contributed by atoms with E-state index in [0.29, 0.717) is 45.6 Å². The number of aliphatic hydroxyl groups excluding tert-OH is 1. The van der Waals surface area contributed by atoms with Gasteiger partial charge in [-0.2, -0.15) is 0 Å². The minimum atomic E-state index is -0.397. The number of carbonyl (C=O) groups is 2. The minimum absolute atomic E-state index is 0.0621. The number of alkyl carbamates (subject to hydrolysis) is 1. The summed E-state index contributed by atoms with van der Waals surface area (Å²) >= 11 is 0. The smallest absolute Gasteiger partial charge is 0.407 e. The van der Waals surface area contributed by atoms with E-state index in [1.165, 1.54) is 22.3 Å². The first kappa shape index (κ1) is 28.6. The second kappa shape index (κ2) is 16.0. The molecule has 1 aliphatic rings. The van der Waals surface area contributed by atoms with Crippen LogP contribution in [0.5, 0.6) is 0 Å². The minimum Gasteiger partial charge on any atom is -0.449 e. The van der Waals surface area contributed by atoms with Crippen LogP contribution in [0.25, 0.3) is 11.1 Å². The standard InChI is InChI=1S/C28H37NO5S2/c1-2-21(30)19-33-16-8-7-9-22(31)14-17-35-36-18-15-29-28(32)34-20-27-25-12-5-3-10-23(25)24-11-4-6-13-26(24)27/h3-6,10-13,21,27,30H,2,7-9,14-20H2,1H3,(H,29,32). The monoisotopic (exact) mass is 531 g/mol. The Morgan fingerprint density at radius 3 is 2.33 bits per heavy atom. The molecule has 36 heavy (non-hydrogen) atoms. The molecular weight excluding hydrogens is 494 g/mol. The molecule has 1 aliphatic carbocycles. The maximum absolute atomic E-state index is 12.2. The third-order valence-electron chi connectivity index (χ3n) is 6.12. The number of aliphatic hydroxyl groups is 1. The van der Waals surface area contributed by atoms with Crippen LogP contribution in [0, 0.1) is 0 Å². The number of hydrogen-bond donors (Lipinski definition) is 2. The highest BCUT2D eigenvalue weighted by Gasteiger charge is 2.28. The van der Waals surface area contributed by atoms with Crippen molar-refractivity contribution >= 4 is 33.5 Å². The number of benzene rings is 2. The lowest BCUT2D eigenvalue weighted by Crippen LogP contribution is -2.27. The molecule has 1 atom stereocenters. The van der Waals surface area contributed by atoms with E-state index in [0.717, 1.165) is 24.3 Å². The van der Waals surface area contributed by atoms with Crippen molar-refractivity contribution in [1.29, 1.82) is 0 Å². The molecule has 8 heteroatoms. The van der Waals surface area contributed by atoms with E-state index in [9.17, 15) is 14.7 Å². The number of unbranched alkanes of at least 4 members (excludes halogenated alkanes) is 1. The molecule has 6 nitrogen and oxygen atoms in total. The highest BCUT2D eigenvalue weighted by atomic mass is 33.1. The van der Waals surface area contributed by atoms with Gasteiger partial charge in [0.1, 0.15) is 12.4 Å². The van der Waals surface area contributed by atoms with E-state index in [4.69, 9.17) is 9.47 Å². The SMILES string of the molecule is CCC(O)COCCCCC(=O)CCSSCCNC(=O)OCC1c2ccccc2-c2ccccc21. The zero-order valence-electron chi connectivity index (χ0n) is 20.9. The zero-order chi connectivity index (χ0) is 25.6. The number of ketones is 1. The highest BCUT2D eigenvalue weighted by molar-refractivity contribution is 8.76. The molecule has 0 saturated carbocycles. The van der Waals surface area contributed by atoms with Gasteiger partial charge in [-0.3, -0.25) is 4.79 Å². The Labute approximate surface area is 222 Å². The van der Waals surface area contributed by atoms with Gasteiger partial charge in [-0.1, -0.05) is 77.0 Å². The molecule has 0 aromatic heterocycles. The fourth-order valence-electron chi connectivity index (χ4n) is 4.11. The molecule has 0 radical (unpaired) electrons. The Morgan fingerprint density at radius 2 is 1.64 bits per heavy atom. The Kier molecular flexibility index (Phi) is 12.7. The van der Waals surface area contributed by atoms with Crippen LogP contribution in [0.3, 0.4) is 0 Å². The average molecular weight is 532 g/mol. The predicted molar refractivity (Wildman–Crippen MR) is 149 cm³/mol. The van der Waals surface area contributed by atoms with Crippen molar-refractivity contribution in [3.05, 3.63) is 59.7 Å². The second-order valence-electron chi connectivity index (χ2n) is 8.78. The van der Waals surface area contributed by atoms with Crippen LogP contribution in [0.1, 0.15) is 56.1 Å². The largest absolute Gasteiger partial charge is 0.449 e. The van der Waals surface area contributed by atoms with Gasteiger partial charge >= 0.3 is 6.09 Å². The fourth-order valence-corrected chi connectivity index (χ4v) is 6.05. The number of nitrogens with one attached hydrogen (secondary N) is 1. The van der Waals surface area contributed by atoms with Crippen LogP contribution in [0.4, 0.5) is 4.79 Å². The summed E-state index contributed by atoms with van der Waals surface area (Å²) < 4.78 is 10.9. The Morgan fingerprint density at radius 1 is 0.972 bits per heavy atom. The van der Waals surface area contributed by atoms with Crippen LogP contribution >= 0.6 is 21.6 Å². The number of amides is 1. The lowest BCUT2D eigenvalue weighted by Gasteiger charge is -2.14. The number of ether oxygens (including phenoxy) is 2. The van der Waals surface area contributed by atoms with Crippen molar-refractivity contribution < 1.29 is 24.2 Å². The van der Waals surface area contributed by atoms with Crippen LogP contribution < -0.4 is 5.32 Å². The van der Waals surface area contributed by atoms with Gasteiger partial charge in [0.15, 0.2) is 0 Å². The third kappa shape index (κ3) is 9.14. The number of Topliss-reactive ketones (excluding diaryl/α,β-unsaturated/α-hetero) is 1. The van der Waals surface area contributed by atoms with E-state index in [1.807, 2.05) is 31.2 Å². The highest BCUT2D eigenvalue weighted by Crippen LogP contribution is 2.44. The number of fused-ring (bicyclic) bond motifs is 3.